The molecule has 0 radical (unpaired) electrons. The standard InChI is InChI=1S/C13H19Cl2NO/c1-8(2)13(17-3)12(16)7-9-10(14)5-4-6-11(9)15/h4-6,8,12-13H,7,16H2,1-3H3. The van der Waals surface area contributed by atoms with Crippen LogP contribution in [-0.2, 0) is 11.2 Å². The van der Waals surface area contributed by atoms with E-state index in [9.17, 15) is 0 Å². The first kappa shape index (κ1) is 14.8. The summed E-state index contributed by atoms with van der Waals surface area (Å²) in [5, 5.41) is 1.32. The Kier molecular flexibility index (Phi) is 5.74. The Bertz CT molecular complexity index is 348. The number of hydrogen-bond acceptors (Lipinski definition) is 2. The van der Waals surface area contributed by atoms with Gasteiger partial charge in [-0.05, 0) is 30.0 Å². The summed E-state index contributed by atoms with van der Waals surface area (Å²) in [6, 6.07) is 5.37. The molecule has 4 heteroatoms. The normalized spacial score (nSPS) is 15.0. The zero-order chi connectivity index (χ0) is 13.0. The third-order valence-corrected chi connectivity index (χ3v) is 3.56. The van der Waals surface area contributed by atoms with Crippen molar-refractivity contribution < 1.29 is 4.74 Å². The maximum absolute atomic E-state index is 6.16. The zero-order valence-electron chi connectivity index (χ0n) is 10.4. The summed E-state index contributed by atoms with van der Waals surface area (Å²) in [4.78, 5) is 0. The molecule has 0 heterocycles. The summed E-state index contributed by atoms with van der Waals surface area (Å²) in [6.45, 7) is 4.17. The van der Waals surface area contributed by atoms with Crippen molar-refractivity contribution in [3.63, 3.8) is 0 Å². The second-order valence-corrected chi connectivity index (χ2v) is 5.33. The van der Waals surface area contributed by atoms with Gasteiger partial charge < -0.3 is 10.5 Å². The van der Waals surface area contributed by atoms with Gasteiger partial charge in [0.1, 0.15) is 0 Å². The number of nitrogens with two attached hydrogens (primary N) is 1. The number of methoxy groups -OCH3 is 1. The maximum Gasteiger partial charge on any atom is 0.0748 e. The summed E-state index contributed by atoms with van der Waals surface area (Å²) in [7, 11) is 1.68. The van der Waals surface area contributed by atoms with Crippen molar-refractivity contribution in [3.05, 3.63) is 33.8 Å². The lowest BCUT2D eigenvalue weighted by atomic mass is 9.94. The highest BCUT2D eigenvalue weighted by Gasteiger charge is 2.22. The topological polar surface area (TPSA) is 35.2 Å². The highest BCUT2D eigenvalue weighted by atomic mass is 35.5. The fourth-order valence-corrected chi connectivity index (χ4v) is 2.57. The molecule has 0 aliphatic rings. The third-order valence-electron chi connectivity index (χ3n) is 2.85. The van der Waals surface area contributed by atoms with Gasteiger partial charge in [-0.25, -0.2) is 0 Å². The predicted molar refractivity (Wildman–Crippen MR) is 73.8 cm³/mol. The second-order valence-electron chi connectivity index (χ2n) is 4.51. The Labute approximate surface area is 113 Å². The molecule has 2 nitrogen and oxygen atoms in total. The molecule has 0 aromatic heterocycles. The van der Waals surface area contributed by atoms with E-state index in [4.69, 9.17) is 33.7 Å². The summed E-state index contributed by atoms with van der Waals surface area (Å²) >= 11 is 12.2. The number of rotatable bonds is 5. The summed E-state index contributed by atoms with van der Waals surface area (Å²) < 4.78 is 5.41. The lowest BCUT2D eigenvalue weighted by Crippen LogP contribution is -2.41. The van der Waals surface area contributed by atoms with E-state index < -0.39 is 0 Å². The highest BCUT2D eigenvalue weighted by Crippen LogP contribution is 2.26. The second kappa shape index (κ2) is 6.60. The minimum Gasteiger partial charge on any atom is -0.380 e. The first-order chi connectivity index (χ1) is 7.97. The summed E-state index contributed by atoms with van der Waals surface area (Å²) in [5.74, 6) is 0.358. The van der Waals surface area contributed by atoms with Gasteiger partial charge in [-0.2, -0.15) is 0 Å². The van der Waals surface area contributed by atoms with Crippen LogP contribution in [0.15, 0.2) is 18.2 Å². The van der Waals surface area contributed by atoms with Gasteiger partial charge in [-0.15, -0.1) is 0 Å². The molecule has 96 valence electrons. The van der Waals surface area contributed by atoms with Crippen molar-refractivity contribution in [3.8, 4) is 0 Å². The van der Waals surface area contributed by atoms with Crippen LogP contribution in [0.25, 0.3) is 0 Å². The van der Waals surface area contributed by atoms with Gasteiger partial charge in [-0.1, -0.05) is 43.1 Å². The maximum atomic E-state index is 6.16. The molecule has 1 aromatic rings. The van der Waals surface area contributed by atoms with Gasteiger partial charge >= 0.3 is 0 Å². The number of ether oxygens (including phenoxy) is 1. The van der Waals surface area contributed by atoms with Gasteiger partial charge in [0.25, 0.3) is 0 Å². The van der Waals surface area contributed by atoms with Crippen LogP contribution < -0.4 is 5.73 Å². The van der Waals surface area contributed by atoms with Gasteiger partial charge in [0.05, 0.1) is 6.10 Å². The molecule has 0 aliphatic carbocycles. The molecule has 2 atom stereocenters. The van der Waals surface area contributed by atoms with Gasteiger partial charge in [-0.3, -0.25) is 0 Å². The smallest absolute Gasteiger partial charge is 0.0748 e. The molecule has 17 heavy (non-hydrogen) atoms. The van der Waals surface area contributed by atoms with Crippen LogP contribution in [0.4, 0.5) is 0 Å². The first-order valence-electron chi connectivity index (χ1n) is 5.68. The molecule has 2 unspecified atom stereocenters. The molecule has 1 rings (SSSR count). The Morgan fingerprint density at radius 2 is 1.76 bits per heavy atom. The van der Waals surface area contributed by atoms with Crippen molar-refractivity contribution in [2.45, 2.75) is 32.4 Å². The largest absolute Gasteiger partial charge is 0.380 e. The van der Waals surface area contributed by atoms with Crippen LogP contribution in [0, 0.1) is 5.92 Å². The fraction of sp³-hybridized carbons (Fsp3) is 0.538. The Hall–Kier alpha value is -0.280. The molecule has 0 saturated heterocycles. The van der Waals surface area contributed by atoms with E-state index in [1.165, 1.54) is 0 Å². The van der Waals surface area contributed by atoms with E-state index in [1.807, 2.05) is 18.2 Å². The average Bonchev–Trinajstić information content (AvgIpc) is 2.24. The van der Waals surface area contributed by atoms with Crippen LogP contribution in [0.1, 0.15) is 19.4 Å². The van der Waals surface area contributed by atoms with Crippen LogP contribution in [-0.4, -0.2) is 19.3 Å². The van der Waals surface area contributed by atoms with Crippen molar-refractivity contribution >= 4 is 23.2 Å². The van der Waals surface area contributed by atoms with Crippen LogP contribution in [0.5, 0.6) is 0 Å². The van der Waals surface area contributed by atoms with Crippen LogP contribution in [0.3, 0.4) is 0 Å². The van der Waals surface area contributed by atoms with Gasteiger partial charge in [0.15, 0.2) is 0 Å². The fourth-order valence-electron chi connectivity index (χ4n) is 2.02. The Morgan fingerprint density at radius 3 is 2.18 bits per heavy atom. The van der Waals surface area contributed by atoms with E-state index in [0.717, 1.165) is 5.56 Å². The summed E-state index contributed by atoms with van der Waals surface area (Å²) in [5.41, 5.74) is 7.05. The molecular formula is C13H19Cl2NO. The molecule has 0 bridgehead atoms. The zero-order valence-corrected chi connectivity index (χ0v) is 11.9. The van der Waals surface area contributed by atoms with Crippen LogP contribution in [0.2, 0.25) is 10.0 Å². The quantitative estimate of drug-likeness (QED) is 0.892. The number of halogens is 2. The lowest BCUT2D eigenvalue weighted by Gasteiger charge is -2.26. The van der Waals surface area contributed by atoms with Crippen molar-refractivity contribution in [2.24, 2.45) is 11.7 Å². The van der Waals surface area contributed by atoms with E-state index in [0.29, 0.717) is 22.4 Å². The molecule has 2 N–H and O–H groups in total. The molecule has 0 spiro atoms. The summed E-state index contributed by atoms with van der Waals surface area (Å²) in [6.07, 6.45) is 0.622. The minimum atomic E-state index is -0.114. The molecule has 0 saturated carbocycles. The predicted octanol–water partition coefficient (Wildman–Crippen LogP) is 3.53. The minimum absolute atomic E-state index is 0.00217. The van der Waals surface area contributed by atoms with E-state index in [2.05, 4.69) is 13.8 Å². The Balaban J connectivity index is 2.83. The third kappa shape index (κ3) is 3.85. The van der Waals surface area contributed by atoms with Crippen molar-refractivity contribution in [1.29, 1.82) is 0 Å². The van der Waals surface area contributed by atoms with E-state index in [1.54, 1.807) is 7.11 Å². The van der Waals surface area contributed by atoms with Gasteiger partial charge in [0, 0.05) is 23.2 Å². The molecule has 0 amide bonds. The van der Waals surface area contributed by atoms with E-state index >= 15 is 0 Å². The highest BCUT2D eigenvalue weighted by molar-refractivity contribution is 6.35. The molecule has 1 aromatic carbocycles. The first-order valence-corrected chi connectivity index (χ1v) is 6.44. The Morgan fingerprint density at radius 1 is 1.24 bits per heavy atom. The lowest BCUT2D eigenvalue weighted by molar-refractivity contribution is 0.0441. The molecular weight excluding hydrogens is 257 g/mol. The monoisotopic (exact) mass is 275 g/mol. The molecule has 0 fully saturated rings. The van der Waals surface area contributed by atoms with Crippen LogP contribution >= 0.6 is 23.2 Å². The number of hydrogen-bond donors (Lipinski definition) is 1. The number of benzene rings is 1. The van der Waals surface area contributed by atoms with Crippen molar-refractivity contribution in [2.75, 3.05) is 7.11 Å². The molecule has 0 aliphatic heterocycles. The van der Waals surface area contributed by atoms with Gasteiger partial charge in [0.2, 0.25) is 0 Å². The SMILES string of the molecule is COC(C(C)C)C(N)Cc1c(Cl)cccc1Cl. The van der Waals surface area contributed by atoms with E-state index in [-0.39, 0.29) is 12.1 Å². The van der Waals surface area contributed by atoms with Crippen molar-refractivity contribution in [1.82, 2.24) is 0 Å². The average molecular weight is 276 g/mol.